The largest absolute Gasteiger partial charge is 0.330 e. The minimum atomic E-state index is -0.409. The van der Waals surface area contributed by atoms with Crippen LogP contribution in [0.4, 0.5) is 0 Å². The van der Waals surface area contributed by atoms with Crippen LogP contribution in [0, 0.1) is 0 Å². The lowest BCUT2D eigenvalue weighted by Crippen LogP contribution is -2.31. The van der Waals surface area contributed by atoms with Gasteiger partial charge in [-0.2, -0.15) is 0 Å². The molecule has 3 heterocycles. The van der Waals surface area contributed by atoms with Crippen LogP contribution in [-0.4, -0.2) is 33.9 Å². The monoisotopic (exact) mass is 415 g/mol. The molecule has 154 valence electrons. The zero-order valence-corrected chi connectivity index (χ0v) is 17.5. The topological polar surface area (TPSA) is 103 Å². The SMILES string of the molecule is C=CCn1c(SCc2nc3c(c(=O)[nH]c(=O)n3CCCC)n2C)nnc1C1CC1. The van der Waals surface area contributed by atoms with Crippen molar-refractivity contribution in [3.8, 4) is 0 Å². The molecule has 0 unspecified atom stereocenters. The van der Waals surface area contributed by atoms with Gasteiger partial charge in [-0.05, 0) is 19.3 Å². The van der Waals surface area contributed by atoms with E-state index >= 15 is 0 Å². The molecular formula is C19H25N7O2S. The Labute approximate surface area is 171 Å². The predicted octanol–water partition coefficient (Wildman–Crippen LogP) is 2.17. The Bertz CT molecular complexity index is 1170. The van der Waals surface area contributed by atoms with Gasteiger partial charge in [0, 0.05) is 26.1 Å². The van der Waals surface area contributed by atoms with Crippen LogP contribution >= 0.6 is 11.8 Å². The summed E-state index contributed by atoms with van der Waals surface area (Å²) in [5, 5.41) is 9.53. The fourth-order valence-corrected chi connectivity index (χ4v) is 4.36. The van der Waals surface area contributed by atoms with E-state index in [0.29, 0.717) is 41.7 Å². The van der Waals surface area contributed by atoms with Crippen molar-refractivity contribution in [3.05, 3.63) is 45.1 Å². The zero-order chi connectivity index (χ0) is 20.5. The number of thioether (sulfide) groups is 1. The Morgan fingerprint density at radius 3 is 2.76 bits per heavy atom. The molecular weight excluding hydrogens is 390 g/mol. The van der Waals surface area contributed by atoms with Gasteiger partial charge in [-0.25, -0.2) is 9.78 Å². The van der Waals surface area contributed by atoms with E-state index in [9.17, 15) is 9.59 Å². The van der Waals surface area contributed by atoms with Crippen molar-refractivity contribution in [1.82, 2.24) is 33.9 Å². The second-order valence-corrected chi connectivity index (χ2v) is 8.27. The summed E-state index contributed by atoms with van der Waals surface area (Å²) in [6, 6.07) is 0. The molecule has 4 rings (SSSR count). The number of fused-ring (bicyclic) bond motifs is 1. The molecule has 29 heavy (non-hydrogen) atoms. The summed E-state index contributed by atoms with van der Waals surface area (Å²) in [5.74, 6) is 2.75. The quantitative estimate of drug-likeness (QED) is 0.424. The maximum atomic E-state index is 12.4. The van der Waals surface area contributed by atoms with Gasteiger partial charge >= 0.3 is 5.69 Å². The third-order valence-corrected chi connectivity index (χ3v) is 6.13. The van der Waals surface area contributed by atoms with Crippen molar-refractivity contribution in [2.75, 3.05) is 0 Å². The van der Waals surface area contributed by atoms with E-state index in [1.165, 1.54) is 11.8 Å². The van der Waals surface area contributed by atoms with E-state index in [1.54, 1.807) is 16.2 Å². The second-order valence-electron chi connectivity index (χ2n) is 7.33. The highest BCUT2D eigenvalue weighted by molar-refractivity contribution is 7.98. The third kappa shape index (κ3) is 3.68. The molecule has 9 nitrogen and oxygen atoms in total. The average molecular weight is 416 g/mol. The molecule has 0 radical (unpaired) electrons. The van der Waals surface area contributed by atoms with E-state index in [2.05, 4.69) is 38.2 Å². The molecule has 0 amide bonds. The number of rotatable bonds is 9. The van der Waals surface area contributed by atoms with Gasteiger partial charge in [-0.15, -0.1) is 16.8 Å². The molecule has 1 saturated carbocycles. The number of aromatic amines is 1. The number of aromatic nitrogens is 7. The highest BCUT2D eigenvalue weighted by atomic mass is 32.2. The van der Waals surface area contributed by atoms with Crippen LogP contribution in [0.1, 0.15) is 50.2 Å². The van der Waals surface area contributed by atoms with Crippen molar-refractivity contribution in [2.24, 2.45) is 7.05 Å². The Balaban J connectivity index is 1.66. The summed E-state index contributed by atoms with van der Waals surface area (Å²) >= 11 is 1.53. The van der Waals surface area contributed by atoms with Gasteiger partial charge in [-0.3, -0.25) is 14.3 Å². The van der Waals surface area contributed by atoms with E-state index in [1.807, 2.05) is 6.08 Å². The number of hydrogen-bond donors (Lipinski definition) is 1. The molecule has 0 bridgehead atoms. The maximum Gasteiger partial charge on any atom is 0.330 e. The van der Waals surface area contributed by atoms with Crippen LogP contribution in [-0.2, 0) is 25.9 Å². The maximum absolute atomic E-state index is 12.4. The lowest BCUT2D eigenvalue weighted by molar-refractivity contribution is 0.613. The van der Waals surface area contributed by atoms with Crippen molar-refractivity contribution in [1.29, 1.82) is 0 Å². The number of imidazole rings is 1. The molecule has 0 atom stereocenters. The fraction of sp³-hybridized carbons (Fsp3) is 0.526. The summed E-state index contributed by atoms with van der Waals surface area (Å²) in [7, 11) is 1.80. The Hall–Kier alpha value is -2.62. The number of aryl methyl sites for hydroxylation is 2. The third-order valence-electron chi connectivity index (χ3n) is 5.17. The number of nitrogens with one attached hydrogen (secondary N) is 1. The zero-order valence-electron chi connectivity index (χ0n) is 16.7. The summed E-state index contributed by atoms with van der Waals surface area (Å²) in [6.07, 6.45) is 5.95. The summed E-state index contributed by atoms with van der Waals surface area (Å²) in [6.45, 7) is 7.10. The van der Waals surface area contributed by atoms with Gasteiger partial charge in [-0.1, -0.05) is 31.2 Å². The van der Waals surface area contributed by atoms with Gasteiger partial charge < -0.3 is 9.13 Å². The summed E-state index contributed by atoms with van der Waals surface area (Å²) in [4.78, 5) is 31.7. The Morgan fingerprint density at radius 2 is 2.07 bits per heavy atom. The standard InChI is InChI=1S/C19H25N7O2S/c1-4-6-10-25-16-14(17(27)21-18(25)28)24(3)13(20-16)11-29-19-23-22-15(12-7-8-12)26(19)9-5-2/h5,12H,2,4,6-11H2,1,3H3,(H,21,27,28). The van der Waals surface area contributed by atoms with Crippen molar-refractivity contribution in [2.45, 2.75) is 62.5 Å². The average Bonchev–Trinajstić information content (AvgIpc) is 3.38. The lowest BCUT2D eigenvalue weighted by Gasteiger charge is -2.06. The van der Waals surface area contributed by atoms with Gasteiger partial charge in [0.05, 0.1) is 5.75 Å². The number of hydrogen-bond acceptors (Lipinski definition) is 6. The van der Waals surface area contributed by atoms with Gasteiger partial charge in [0.25, 0.3) is 5.56 Å². The molecule has 3 aromatic rings. The Morgan fingerprint density at radius 1 is 1.28 bits per heavy atom. The van der Waals surface area contributed by atoms with E-state index in [4.69, 9.17) is 0 Å². The highest BCUT2D eigenvalue weighted by Crippen LogP contribution is 2.40. The first-order valence-electron chi connectivity index (χ1n) is 9.90. The smallest absolute Gasteiger partial charge is 0.325 e. The molecule has 1 aliphatic rings. The van der Waals surface area contributed by atoms with Crippen LogP contribution in [0.5, 0.6) is 0 Å². The van der Waals surface area contributed by atoms with Gasteiger partial charge in [0.1, 0.15) is 11.6 Å². The number of unbranched alkanes of at least 4 members (excludes halogenated alkanes) is 1. The molecule has 10 heteroatoms. The lowest BCUT2D eigenvalue weighted by atomic mass is 10.3. The highest BCUT2D eigenvalue weighted by Gasteiger charge is 2.30. The first kappa shape index (κ1) is 19.7. The van der Waals surface area contributed by atoms with Crippen molar-refractivity contribution in [3.63, 3.8) is 0 Å². The van der Waals surface area contributed by atoms with Crippen molar-refractivity contribution < 1.29 is 0 Å². The Kier molecular flexibility index (Phi) is 5.44. The molecule has 0 saturated heterocycles. The van der Waals surface area contributed by atoms with E-state index in [-0.39, 0.29) is 0 Å². The van der Waals surface area contributed by atoms with Gasteiger partial charge in [0.15, 0.2) is 16.3 Å². The molecule has 0 spiro atoms. The molecule has 0 aromatic carbocycles. The normalized spacial score (nSPS) is 14.0. The second kappa shape index (κ2) is 8.02. The van der Waals surface area contributed by atoms with Crippen LogP contribution in [0.25, 0.3) is 11.2 Å². The first-order valence-corrected chi connectivity index (χ1v) is 10.9. The number of nitrogens with zero attached hydrogens (tertiary/aromatic N) is 6. The first-order chi connectivity index (χ1) is 14.0. The molecule has 3 aromatic heterocycles. The molecule has 0 aliphatic heterocycles. The molecule has 1 fully saturated rings. The number of H-pyrrole nitrogens is 1. The van der Waals surface area contributed by atoms with Gasteiger partial charge in [0.2, 0.25) is 0 Å². The molecule has 1 aliphatic carbocycles. The van der Waals surface area contributed by atoms with Crippen LogP contribution in [0.2, 0.25) is 0 Å². The fourth-order valence-electron chi connectivity index (χ4n) is 3.42. The summed E-state index contributed by atoms with van der Waals surface area (Å²) < 4.78 is 5.42. The molecule has 1 N–H and O–H groups in total. The number of allylic oxidation sites excluding steroid dienone is 1. The van der Waals surface area contributed by atoms with E-state index in [0.717, 1.165) is 36.7 Å². The minimum Gasteiger partial charge on any atom is -0.325 e. The summed E-state index contributed by atoms with van der Waals surface area (Å²) in [5.41, 5.74) is 0.0435. The van der Waals surface area contributed by atoms with E-state index < -0.39 is 11.2 Å². The minimum absolute atomic E-state index is 0.408. The van der Waals surface area contributed by atoms with Crippen LogP contribution in [0.3, 0.4) is 0 Å². The van der Waals surface area contributed by atoms with Crippen molar-refractivity contribution >= 4 is 22.9 Å². The van der Waals surface area contributed by atoms with Crippen LogP contribution < -0.4 is 11.2 Å². The predicted molar refractivity (Wildman–Crippen MR) is 112 cm³/mol. The van der Waals surface area contributed by atoms with Crippen LogP contribution in [0.15, 0.2) is 27.4 Å².